The summed E-state index contributed by atoms with van der Waals surface area (Å²) in [6.07, 6.45) is 0.181. The summed E-state index contributed by atoms with van der Waals surface area (Å²) in [5, 5.41) is 2.84. The number of carbonyl (C=O) groups excluding carboxylic acids is 2. The summed E-state index contributed by atoms with van der Waals surface area (Å²) in [4.78, 5) is 26.7. The Hall–Kier alpha value is -2.37. The molecular formula is C19H22ClN3O2. The summed E-state index contributed by atoms with van der Waals surface area (Å²) in [5.74, 6) is -0.246. The minimum absolute atomic E-state index is 0. The summed E-state index contributed by atoms with van der Waals surface area (Å²) >= 11 is 0. The Bertz CT molecular complexity index is 709. The van der Waals surface area contributed by atoms with Crippen LogP contribution >= 0.6 is 12.4 Å². The van der Waals surface area contributed by atoms with E-state index in [1.807, 2.05) is 60.7 Å². The first-order valence-corrected chi connectivity index (χ1v) is 8.09. The highest BCUT2D eigenvalue weighted by molar-refractivity contribution is 5.90. The predicted molar refractivity (Wildman–Crippen MR) is 99.1 cm³/mol. The third-order valence-corrected chi connectivity index (χ3v) is 4.27. The second-order valence-corrected chi connectivity index (χ2v) is 5.91. The van der Waals surface area contributed by atoms with Crippen LogP contribution in [0.3, 0.4) is 0 Å². The molecular weight excluding hydrogens is 338 g/mol. The molecule has 2 aromatic rings. The van der Waals surface area contributed by atoms with Gasteiger partial charge in [0.15, 0.2) is 0 Å². The van der Waals surface area contributed by atoms with Gasteiger partial charge in [-0.05, 0) is 11.1 Å². The summed E-state index contributed by atoms with van der Waals surface area (Å²) < 4.78 is 0. The maximum atomic E-state index is 12.8. The molecule has 0 radical (unpaired) electrons. The van der Waals surface area contributed by atoms with Gasteiger partial charge in [0.25, 0.3) is 0 Å². The van der Waals surface area contributed by atoms with Crippen molar-refractivity contribution in [3.05, 3.63) is 71.8 Å². The van der Waals surface area contributed by atoms with Gasteiger partial charge in [-0.1, -0.05) is 60.7 Å². The van der Waals surface area contributed by atoms with E-state index in [0.717, 1.165) is 11.1 Å². The van der Waals surface area contributed by atoms with E-state index in [2.05, 4.69) is 5.32 Å². The molecule has 3 N–H and O–H groups in total. The monoisotopic (exact) mass is 359 g/mol. The van der Waals surface area contributed by atoms with Gasteiger partial charge in [-0.25, -0.2) is 0 Å². The second-order valence-electron chi connectivity index (χ2n) is 5.91. The molecule has 6 heteroatoms. The number of rotatable bonds is 4. The first-order chi connectivity index (χ1) is 11.7. The van der Waals surface area contributed by atoms with Gasteiger partial charge < -0.3 is 16.0 Å². The van der Waals surface area contributed by atoms with Gasteiger partial charge in [0.2, 0.25) is 11.8 Å². The van der Waals surface area contributed by atoms with E-state index in [1.165, 1.54) is 0 Å². The first kappa shape index (κ1) is 19.0. The molecule has 2 amide bonds. The lowest BCUT2D eigenvalue weighted by Gasteiger charge is -2.36. The fraction of sp³-hybridized carbons (Fsp3) is 0.263. The third-order valence-electron chi connectivity index (χ3n) is 4.27. The van der Waals surface area contributed by atoms with Crippen LogP contribution < -0.4 is 11.1 Å². The van der Waals surface area contributed by atoms with E-state index >= 15 is 0 Å². The van der Waals surface area contributed by atoms with E-state index in [9.17, 15) is 9.59 Å². The Morgan fingerprint density at radius 2 is 1.72 bits per heavy atom. The number of nitrogens with one attached hydrogen (secondary N) is 1. The highest BCUT2D eigenvalue weighted by atomic mass is 35.5. The molecule has 1 aliphatic heterocycles. The number of nitrogens with two attached hydrogens (primary N) is 1. The maximum Gasteiger partial charge on any atom is 0.247 e. The smallest absolute Gasteiger partial charge is 0.247 e. The molecule has 2 aromatic carbocycles. The van der Waals surface area contributed by atoms with Crippen molar-refractivity contribution in [3.8, 4) is 0 Å². The van der Waals surface area contributed by atoms with Crippen LogP contribution in [-0.2, 0) is 9.59 Å². The Kier molecular flexibility index (Phi) is 6.56. The molecule has 1 heterocycles. The highest BCUT2D eigenvalue weighted by Crippen LogP contribution is 2.25. The molecule has 3 rings (SSSR count). The van der Waals surface area contributed by atoms with Crippen LogP contribution in [0.1, 0.15) is 29.6 Å². The maximum absolute atomic E-state index is 12.8. The lowest BCUT2D eigenvalue weighted by molar-refractivity contribution is -0.143. The Morgan fingerprint density at radius 3 is 2.36 bits per heavy atom. The SMILES string of the molecule is Cl.NC(CC(=O)N1CCNC(=O)C1c1ccccc1)c1ccccc1. The zero-order chi connectivity index (χ0) is 16.9. The molecule has 0 bridgehead atoms. The molecule has 5 nitrogen and oxygen atoms in total. The van der Waals surface area contributed by atoms with Gasteiger partial charge in [0.05, 0.1) is 0 Å². The van der Waals surface area contributed by atoms with Gasteiger partial charge in [-0.2, -0.15) is 0 Å². The van der Waals surface area contributed by atoms with E-state index in [-0.39, 0.29) is 36.7 Å². The van der Waals surface area contributed by atoms with Crippen molar-refractivity contribution < 1.29 is 9.59 Å². The minimum Gasteiger partial charge on any atom is -0.352 e. The van der Waals surface area contributed by atoms with Crippen molar-refractivity contribution in [2.24, 2.45) is 5.73 Å². The minimum atomic E-state index is -0.588. The highest BCUT2D eigenvalue weighted by Gasteiger charge is 2.34. The van der Waals surface area contributed by atoms with Gasteiger partial charge >= 0.3 is 0 Å². The molecule has 0 spiro atoms. The average molecular weight is 360 g/mol. The molecule has 25 heavy (non-hydrogen) atoms. The fourth-order valence-corrected chi connectivity index (χ4v) is 3.03. The van der Waals surface area contributed by atoms with Crippen molar-refractivity contribution in [2.45, 2.75) is 18.5 Å². The van der Waals surface area contributed by atoms with Gasteiger partial charge in [-0.15, -0.1) is 12.4 Å². The average Bonchev–Trinajstić information content (AvgIpc) is 2.63. The van der Waals surface area contributed by atoms with Gasteiger partial charge in [0, 0.05) is 25.6 Å². The Balaban J connectivity index is 0.00000225. The van der Waals surface area contributed by atoms with E-state index in [0.29, 0.717) is 13.1 Å². The summed E-state index contributed by atoms with van der Waals surface area (Å²) in [7, 11) is 0. The summed E-state index contributed by atoms with van der Waals surface area (Å²) in [6, 6.07) is 18.0. The van der Waals surface area contributed by atoms with Crippen molar-refractivity contribution in [1.82, 2.24) is 10.2 Å². The lowest BCUT2D eigenvalue weighted by atomic mass is 9.99. The number of benzene rings is 2. The van der Waals surface area contributed by atoms with Crippen LogP contribution in [0.15, 0.2) is 60.7 Å². The second kappa shape index (κ2) is 8.65. The topological polar surface area (TPSA) is 75.4 Å². The molecule has 1 saturated heterocycles. The van der Waals surface area contributed by atoms with Crippen LogP contribution in [0, 0.1) is 0 Å². The van der Waals surface area contributed by atoms with Crippen LogP contribution in [0.25, 0.3) is 0 Å². The normalized spacial score (nSPS) is 18.0. The quantitative estimate of drug-likeness (QED) is 0.878. The zero-order valence-corrected chi connectivity index (χ0v) is 14.6. The molecule has 0 aromatic heterocycles. The zero-order valence-electron chi connectivity index (χ0n) is 13.8. The number of amides is 2. The summed E-state index contributed by atoms with van der Waals surface area (Å²) in [5.41, 5.74) is 7.91. The standard InChI is InChI=1S/C19H21N3O2.ClH/c20-16(14-7-3-1-4-8-14)13-17(23)22-12-11-21-19(24)18(22)15-9-5-2-6-10-15;/h1-10,16,18H,11-13,20H2,(H,21,24);1H. The molecule has 1 fully saturated rings. The largest absolute Gasteiger partial charge is 0.352 e. The number of hydrogen-bond acceptors (Lipinski definition) is 3. The molecule has 1 aliphatic rings. The number of nitrogens with zero attached hydrogens (tertiary/aromatic N) is 1. The summed E-state index contributed by atoms with van der Waals surface area (Å²) in [6.45, 7) is 0.958. The van der Waals surface area contributed by atoms with Crippen molar-refractivity contribution in [3.63, 3.8) is 0 Å². The molecule has 2 unspecified atom stereocenters. The van der Waals surface area contributed by atoms with Crippen LogP contribution in [0.4, 0.5) is 0 Å². The third kappa shape index (κ3) is 4.38. The molecule has 0 saturated carbocycles. The van der Waals surface area contributed by atoms with Crippen molar-refractivity contribution in [2.75, 3.05) is 13.1 Å². The number of hydrogen-bond donors (Lipinski definition) is 2. The fourth-order valence-electron chi connectivity index (χ4n) is 3.03. The lowest BCUT2D eigenvalue weighted by Crippen LogP contribution is -2.52. The molecule has 0 aliphatic carbocycles. The Labute approximate surface area is 153 Å². The predicted octanol–water partition coefficient (Wildman–Crippen LogP) is 2.20. The van der Waals surface area contributed by atoms with Crippen molar-refractivity contribution in [1.29, 1.82) is 0 Å². The van der Waals surface area contributed by atoms with E-state index in [1.54, 1.807) is 4.90 Å². The molecule has 132 valence electrons. The number of carbonyl (C=O) groups is 2. The molecule has 2 atom stereocenters. The van der Waals surface area contributed by atoms with Crippen LogP contribution in [0.5, 0.6) is 0 Å². The number of piperazine rings is 1. The first-order valence-electron chi connectivity index (χ1n) is 8.09. The van der Waals surface area contributed by atoms with E-state index < -0.39 is 6.04 Å². The van der Waals surface area contributed by atoms with Crippen molar-refractivity contribution >= 4 is 24.2 Å². The van der Waals surface area contributed by atoms with Gasteiger partial charge in [-0.3, -0.25) is 9.59 Å². The Morgan fingerprint density at radius 1 is 1.12 bits per heavy atom. The van der Waals surface area contributed by atoms with E-state index in [4.69, 9.17) is 5.73 Å². The number of halogens is 1. The van der Waals surface area contributed by atoms with Gasteiger partial charge in [0.1, 0.15) is 6.04 Å². The van der Waals surface area contributed by atoms with Crippen LogP contribution in [-0.4, -0.2) is 29.8 Å². The van der Waals surface area contributed by atoms with Crippen LogP contribution in [0.2, 0.25) is 0 Å².